The number of carbonyl (C=O) groups excluding carboxylic acids is 3. The van der Waals surface area contributed by atoms with E-state index in [4.69, 9.17) is 27.9 Å². The van der Waals surface area contributed by atoms with Crippen molar-refractivity contribution in [1.82, 2.24) is 0 Å². The zero-order chi connectivity index (χ0) is 20.0. The number of Topliss-reactive ketones (excluding diaryl/α,β-unsaturated/α-hetero) is 1. The first-order valence-electron chi connectivity index (χ1n) is 8.28. The maximum Gasteiger partial charge on any atom is 0.306 e. The van der Waals surface area contributed by atoms with Gasteiger partial charge >= 0.3 is 5.97 Å². The SMILES string of the molecule is Cc1ccc(C)c(C(=O)CCC(=O)OCC(=O)Nc2c(Cl)cccc2Cl)c1. The van der Waals surface area contributed by atoms with Crippen molar-refractivity contribution in [3.63, 3.8) is 0 Å². The number of carbonyl (C=O) groups is 3. The maximum atomic E-state index is 12.3. The Hall–Kier alpha value is -2.37. The summed E-state index contributed by atoms with van der Waals surface area (Å²) in [7, 11) is 0. The zero-order valence-corrected chi connectivity index (χ0v) is 16.5. The molecular formula is C20H19Cl2NO4. The highest BCUT2D eigenvalue weighted by Gasteiger charge is 2.15. The van der Waals surface area contributed by atoms with E-state index >= 15 is 0 Å². The molecule has 142 valence electrons. The number of para-hydroxylation sites is 1. The van der Waals surface area contributed by atoms with Crippen LogP contribution in [0.3, 0.4) is 0 Å². The second kappa shape index (κ2) is 9.53. The van der Waals surface area contributed by atoms with Crippen LogP contribution in [-0.4, -0.2) is 24.3 Å². The Morgan fingerprint density at radius 1 is 1.00 bits per heavy atom. The molecular weight excluding hydrogens is 389 g/mol. The van der Waals surface area contributed by atoms with Gasteiger partial charge in [-0.05, 0) is 37.6 Å². The summed E-state index contributed by atoms with van der Waals surface area (Å²) >= 11 is 11.9. The largest absolute Gasteiger partial charge is 0.456 e. The normalized spacial score (nSPS) is 10.4. The highest BCUT2D eigenvalue weighted by Crippen LogP contribution is 2.29. The zero-order valence-electron chi connectivity index (χ0n) is 15.0. The first-order valence-corrected chi connectivity index (χ1v) is 9.03. The molecule has 0 radical (unpaired) electrons. The first-order chi connectivity index (χ1) is 12.8. The van der Waals surface area contributed by atoms with Gasteiger partial charge in [0.15, 0.2) is 12.4 Å². The first kappa shape index (κ1) is 20.9. The van der Waals surface area contributed by atoms with Gasteiger partial charge in [-0.2, -0.15) is 0 Å². The van der Waals surface area contributed by atoms with E-state index in [9.17, 15) is 14.4 Å². The van der Waals surface area contributed by atoms with E-state index in [2.05, 4.69) is 5.32 Å². The van der Waals surface area contributed by atoms with Crippen LogP contribution in [0, 0.1) is 13.8 Å². The van der Waals surface area contributed by atoms with Gasteiger partial charge in [-0.1, -0.05) is 47.0 Å². The standard InChI is InChI=1S/C20H19Cl2NO4/c1-12-6-7-13(2)14(10-12)17(24)8-9-19(26)27-11-18(25)23-20-15(21)4-3-5-16(20)22/h3-7,10H,8-9,11H2,1-2H3,(H,23,25). The van der Waals surface area contributed by atoms with Gasteiger partial charge in [-0.15, -0.1) is 0 Å². The summed E-state index contributed by atoms with van der Waals surface area (Å²) in [5.41, 5.74) is 2.68. The lowest BCUT2D eigenvalue weighted by atomic mass is 9.99. The lowest BCUT2D eigenvalue weighted by molar-refractivity contribution is -0.147. The van der Waals surface area contributed by atoms with Crippen LogP contribution in [0.1, 0.15) is 34.3 Å². The van der Waals surface area contributed by atoms with Gasteiger partial charge in [0.05, 0.1) is 22.2 Å². The van der Waals surface area contributed by atoms with Crippen molar-refractivity contribution in [1.29, 1.82) is 0 Å². The van der Waals surface area contributed by atoms with Crippen LogP contribution >= 0.6 is 23.2 Å². The summed E-state index contributed by atoms with van der Waals surface area (Å²) in [5, 5.41) is 3.05. The van der Waals surface area contributed by atoms with Crippen molar-refractivity contribution < 1.29 is 19.1 Å². The Bertz CT molecular complexity index is 860. The van der Waals surface area contributed by atoms with Crippen molar-refractivity contribution in [2.24, 2.45) is 0 Å². The van der Waals surface area contributed by atoms with Crippen molar-refractivity contribution >= 4 is 46.5 Å². The molecule has 0 aliphatic heterocycles. The van der Waals surface area contributed by atoms with Crippen LogP contribution < -0.4 is 5.32 Å². The molecule has 0 heterocycles. The predicted molar refractivity (Wildman–Crippen MR) is 106 cm³/mol. The molecule has 0 saturated carbocycles. The molecule has 27 heavy (non-hydrogen) atoms. The highest BCUT2D eigenvalue weighted by molar-refractivity contribution is 6.39. The molecule has 2 aromatic rings. The molecule has 0 unspecified atom stereocenters. The van der Waals surface area contributed by atoms with Crippen LogP contribution in [0.4, 0.5) is 5.69 Å². The summed E-state index contributed by atoms with van der Waals surface area (Å²) in [6.45, 7) is 3.25. The van der Waals surface area contributed by atoms with E-state index in [1.165, 1.54) is 0 Å². The van der Waals surface area contributed by atoms with Gasteiger partial charge in [0.2, 0.25) is 0 Å². The van der Waals surface area contributed by atoms with Gasteiger partial charge in [-0.3, -0.25) is 14.4 Å². The third kappa shape index (κ3) is 6.08. The van der Waals surface area contributed by atoms with Gasteiger partial charge in [-0.25, -0.2) is 0 Å². The Morgan fingerprint density at radius 3 is 2.33 bits per heavy atom. The lowest BCUT2D eigenvalue weighted by Gasteiger charge is -2.10. The number of anilines is 1. The number of amides is 1. The fraction of sp³-hybridized carbons (Fsp3) is 0.250. The van der Waals surface area contributed by atoms with Crippen LogP contribution in [-0.2, 0) is 14.3 Å². The average Bonchev–Trinajstić information content (AvgIpc) is 2.63. The topological polar surface area (TPSA) is 72.5 Å². The Kier molecular flexibility index (Phi) is 7.39. The molecule has 0 atom stereocenters. The summed E-state index contributed by atoms with van der Waals surface area (Å²) in [6.07, 6.45) is -0.0898. The molecule has 0 fully saturated rings. The summed E-state index contributed by atoms with van der Waals surface area (Å²) < 4.78 is 4.91. The van der Waals surface area contributed by atoms with E-state index in [0.29, 0.717) is 5.56 Å². The third-order valence-corrected chi connectivity index (χ3v) is 4.47. The predicted octanol–water partition coefficient (Wildman–Crippen LogP) is 4.76. The third-order valence-electron chi connectivity index (χ3n) is 3.84. The van der Waals surface area contributed by atoms with Crippen LogP contribution in [0.25, 0.3) is 0 Å². The molecule has 0 saturated heterocycles. The molecule has 5 nitrogen and oxygen atoms in total. The minimum Gasteiger partial charge on any atom is -0.456 e. The molecule has 1 N–H and O–H groups in total. The second-order valence-electron chi connectivity index (χ2n) is 6.05. The number of halogens is 2. The number of hydrogen-bond acceptors (Lipinski definition) is 4. The lowest BCUT2D eigenvalue weighted by Crippen LogP contribution is -2.21. The fourth-order valence-corrected chi connectivity index (χ4v) is 2.89. The molecule has 2 rings (SSSR count). The summed E-state index contributed by atoms with van der Waals surface area (Å²) in [5.74, 6) is -1.34. The number of benzene rings is 2. The van der Waals surface area contributed by atoms with Gasteiger partial charge in [0.25, 0.3) is 5.91 Å². The van der Waals surface area contributed by atoms with Crippen molar-refractivity contribution in [2.45, 2.75) is 26.7 Å². The molecule has 0 bridgehead atoms. The quantitative estimate of drug-likeness (QED) is 0.530. The Morgan fingerprint density at radius 2 is 1.67 bits per heavy atom. The molecule has 0 aliphatic rings. The number of hydrogen-bond donors (Lipinski definition) is 1. The van der Waals surface area contributed by atoms with Gasteiger partial charge < -0.3 is 10.1 Å². The summed E-state index contributed by atoms with van der Waals surface area (Å²) in [4.78, 5) is 36.0. The molecule has 0 aromatic heterocycles. The number of esters is 1. The van der Waals surface area contributed by atoms with E-state index in [-0.39, 0.29) is 34.4 Å². The monoisotopic (exact) mass is 407 g/mol. The number of ketones is 1. The van der Waals surface area contributed by atoms with Crippen molar-refractivity contribution in [3.05, 3.63) is 63.1 Å². The van der Waals surface area contributed by atoms with E-state index < -0.39 is 18.5 Å². The molecule has 7 heteroatoms. The van der Waals surface area contributed by atoms with Gasteiger partial charge in [0.1, 0.15) is 0 Å². The summed E-state index contributed by atoms with van der Waals surface area (Å²) in [6, 6.07) is 10.4. The highest BCUT2D eigenvalue weighted by atomic mass is 35.5. The van der Waals surface area contributed by atoms with E-state index in [1.807, 2.05) is 26.0 Å². The minimum atomic E-state index is -0.630. The Labute approximate surface area is 167 Å². The molecule has 2 aromatic carbocycles. The molecule has 0 aliphatic carbocycles. The average molecular weight is 408 g/mol. The Balaban J connectivity index is 1.81. The van der Waals surface area contributed by atoms with Crippen molar-refractivity contribution in [2.75, 3.05) is 11.9 Å². The number of nitrogens with one attached hydrogen (secondary N) is 1. The number of ether oxygens (including phenoxy) is 1. The fourth-order valence-electron chi connectivity index (χ4n) is 2.40. The van der Waals surface area contributed by atoms with E-state index in [1.54, 1.807) is 24.3 Å². The van der Waals surface area contributed by atoms with Crippen LogP contribution in [0.15, 0.2) is 36.4 Å². The van der Waals surface area contributed by atoms with E-state index in [0.717, 1.165) is 11.1 Å². The second-order valence-corrected chi connectivity index (χ2v) is 6.86. The van der Waals surface area contributed by atoms with Crippen LogP contribution in [0.5, 0.6) is 0 Å². The molecule has 1 amide bonds. The maximum absolute atomic E-state index is 12.3. The minimum absolute atomic E-state index is 0.0150. The van der Waals surface area contributed by atoms with Crippen molar-refractivity contribution in [3.8, 4) is 0 Å². The molecule has 0 spiro atoms. The van der Waals surface area contributed by atoms with Gasteiger partial charge in [0, 0.05) is 12.0 Å². The smallest absolute Gasteiger partial charge is 0.306 e. The number of aryl methyl sites for hydroxylation is 2. The number of rotatable bonds is 7. The van der Waals surface area contributed by atoms with Crippen LogP contribution in [0.2, 0.25) is 10.0 Å².